The molecule has 1 fully saturated rings. The molecule has 0 radical (unpaired) electrons. The van der Waals surface area contributed by atoms with Gasteiger partial charge in [0.15, 0.2) is 11.6 Å². The highest BCUT2D eigenvalue weighted by Gasteiger charge is 2.30. The summed E-state index contributed by atoms with van der Waals surface area (Å²) < 4.78 is 24.7. The number of aliphatic hydroxyl groups is 1. The second-order valence-electron chi connectivity index (χ2n) is 4.20. The van der Waals surface area contributed by atoms with Crippen LogP contribution in [0.3, 0.4) is 0 Å². The Morgan fingerprint density at radius 3 is 2.82 bits per heavy atom. The molecular weight excluding hydrogens is 291 g/mol. The van der Waals surface area contributed by atoms with Crippen molar-refractivity contribution in [3.63, 3.8) is 0 Å². The van der Waals surface area contributed by atoms with Crippen LogP contribution in [-0.4, -0.2) is 30.5 Å². The fourth-order valence-electron chi connectivity index (χ4n) is 1.70. The lowest BCUT2D eigenvalue weighted by Gasteiger charge is -2.31. The van der Waals surface area contributed by atoms with E-state index in [0.29, 0.717) is 26.1 Å². The molecule has 5 heteroatoms. The predicted octanol–water partition coefficient (Wildman–Crippen LogP) is 2.51. The van der Waals surface area contributed by atoms with Gasteiger partial charge in [-0.1, -0.05) is 15.9 Å². The molecule has 0 spiro atoms. The van der Waals surface area contributed by atoms with E-state index in [1.54, 1.807) is 12.1 Å². The average Bonchev–Trinajstić information content (AvgIpc) is 2.31. The molecule has 0 aliphatic carbocycles. The molecule has 0 unspecified atom stereocenters. The van der Waals surface area contributed by atoms with Gasteiger partial charge in [0.1, 0.15) is 12.2 Å². The van der Waals surface area contributed by atoms with E-state index < -0.39 is 11.4 Å². The standard InChI is InChI=1S/C12H14BrFO3/c13-9-1-2-10(14)11(7-9)17-8-12(15)3-5-16-6-4-12/h1-2,7,15H,3-6,8H2. The Kier molecular flexibility index (Phi) is 4.01. The maximum absolute atomic E-state index is 13.4. The lowest BCUT2D eigenvalue weighted by molar-refractivity contribution is -0.0860. The summed E-state index contributed by atoms with van der Waals surface area (Å²) >= 11 is 3.25. The van der Waals surface area contributed by atoms with E-state index in [4.69, 9.17) is 9.47 Å². The van der Waals surface area contributed by atoms with Crippen molar-refractivity contribution in [1.29, 1.82) is 0 Å². The SMILES string of the molecule is OC1(COc2cc(Br)ccc2F)CCOCC1. The first-order valence-corrected chi connectivity index (χ1v) is 6.26. The lowest BCUT2D eigenvalue weighted by atomic mass is 9.96. The summed E-state index contributed by atoms with van der Waals surface area (Å²) in [7, 11) is 0. The van der Waals surface area contributed by atoms with Crippen LogP contribution in [0.1, 0.15) is 12.8 Å². The van der Waals surface area contributed by atoms with Crippen LogP contribution in [0, 0.1) is 5.82 Å². The van der Waals surface area contributed by atoms with Crippen LogP contribution in [0.2, 0.25) is 0 Å². The molecule has 1 aromatic rings. The minimum Gasteiger partial charge on any atom is -0.487 e. The fourth-order valence-corrected chi connectivity index (χ4v) is 2.04. The highest BCUT2D eigenvalue weighted by atomic mass is 79.9. The van der Waals surface area contributed by atoms with Gasteiger partial charge in [0.2, 0.25) is 0 Å². The number of hydrogen-bond donors (Lipinski definition) is 1. The fraction of sp³-hybridized carbons (Fsp3) is 0.500. The van der Waals surface area contributed by atoms with E-state index in [-0.39, 0.29) is 12.4 Å². The number of hydrogen-bond acceptors (Lipinski definition) is 3. The van der Waals surface area contributed by atoms with Gasteiger partial charge in [-0.05, 0) is 18.2 Å². The van der Waals surface area contributed by atoms with Crippen molar-refractivity contribution in [2.45, 2.75) is 18.4 Å². The Labute approximate surface area is 108 Å². The zero-order valence-corrected chi connectivity index (χ0v) is 10.9. The first-order valence-electron chi connectivity index (χ1n) is 5.47. The van der Waals surface area contributed by atoms with Crippen molar-refractivity contribution < 1.29 is 19.0 Å². The summed E-state index contributed by atoms with van der Waals surface area (Å²) in [6.07, 6.45) is 1.03. The third-order valence-corrected chi connectivity index (χ3v) is 3.31. The normalized spacial score (nSPS) is 19.0. The molecule has 0 atom stereocenters. The summed E-state index contributed by atoms with van der Waals surface area (Å²) in [5.41, 5.74) is -0.910. The molecule has 0 aromatic heterocycles. The number of rotatable bonds is 3. The van der Waals surface area contributed by atoms with Crippen LogP contribution in [-0.2, 0) is 4.74 Å². The van der Waals surface area contributed by atoms with Crippen LogP contribution in [0.15, 0.2) is 22.7 Å². The Balaban J connectivity index is 1.99. The maximum atomic E-state index is 13.4. The smallest absolute Gasteiger partial charge is 0.165 e. The van der Waals surface area contributed by atoms with E-state index >= 15 is 0 Å². The summed E-state index contributed by atoms with van der Waals surface area (Å²) in [6.45, 7) is 1.12. The van der Waals surface area contributed by atoms with Gasteiger partial charge in [-0.3, -0.25) is 0 Å². The molecule has 1 saturated heterocycles. The van der Waals surface area contributed by atoms with Gasteiger partial charge < -0.3 is 14.6 Å². The summed E-state index contributed by atoms with van der Waals surface area (Å²) in [5, 5.41) is 10.2. The van der Waals surface area contributed by atoms with Crippen LogP contribution < -0.4 is 4.74 Å². The molecule has 1 heterocycles. The second kappa shape index (κ2) is 5.33. The third-order valence-electron chi connectivity index (χ3n) is 2.81. The average molecular weight is 305 g/mol. The zero-order chi connectivity index (χ0) is 12.3. The van der Waals surface area contributed by atoms with Crippen molar-refractivity contribution in [3.05, 3.63) is 28.5 Å². The lowest BCUT2D eigenvalue weighted by Crippen LogP contribution is -2.41. The highest BCUT2D eigenvalue weighted by Crippen LogP contribution is 2.26. The molecule has 2 rings (SSSR count). The molecule has 1 aromatic carbocycles. The summed E-state index contributed by atoms with van der Waals surface area (Å²) in [4.78, 5) is 0. The van der Waals surface area contributed by atoms with Crippen molar-refractivity contribution in [3.8, 4) is 5.75 Å². The van der Waals surface area contributed by atoms with Crippen molar-refractivity contribution >= 4 is 15.9 Å². The van der Waals surface area contributed by atoms with Gasteiger partial charge >= 0.3 is 0 Å². The zero-order valence-electron chi connectivity index (χ0n) is 9.29. The van der Waals surface area contributed by atoms with Gasteiger partial charge in [0, 0.05) is 30.5 Å². The highest BCUT2D eigenvalue weighted by molar-refractivity contribution is 9.10. The molecule has 1 aliphatic rings. The number of benzene rings is 1. The molecular formula is C12H14BrFO3. The van der Waals surface area contributed by atoms with Gasteiger partial charge in [-0.25, -0.2) is 4.39 Å². The van der Waals surface area contributed by atoms with E-state index in [9.17, 15) is 9.50 Å². The first-order chi connectivity index (χ1) is 8.09. The monoisotopic (exact) mass is 304 g/mol. The minimum absolute atomic E-state index is 0.0870. The Hall–Kier alpha value is -0.650. The number of ether oxygens (including phenoxy) is 2. The van der Waals surface area contributed by atoms with Crippen LogP contribution >= 0.6 is 15.9 Å². The Morgan fingerprint density at radius 1 is 1.41 bits per heavy atom. The first kappa shape index (κ1) is 12.8. The van der Waals surface area contributed by atoms with Gasteiger partial charge in [0.25, 0.3) is 0 Å². The Bertz CT molecular complexity index is 391. The molecule has 0 saturated carbocycles. The van der Waals surface area contributed by atoms with Crippen molar-refractivity contribution in [1.82, 2.24) is 0 Å². The van der Waals surface area contributed by atoms with Crippen LogP contribution in [0.5, 0.6) is 5.75 Å². The van der Waals surface area contributed by atoms with Crippen molar-refractivity contribution in [2.24, 2.45) is 0 Å². The topological polar surface area (TPSA) is 38.7 Å². The van der Waals surface area contributed by atoms with E-state index in [2.05, 4.69) is 15.9 Å². The molecule has 0 bridgehead atoms. The Morgan fingerprint density at radius 2 is 2.12 bits per heavy atom. The molecule has 3 nitrogen and oxygen atoms in total. The molecule has 17 heavy (non-hydrogen) atoms. The maximum Gasteiger partial charge on any atom is 0.165 e. The second-order valence-corrected chi connectivity index (χ2v) is 5.12. The summed E-state index contributed by atoms with van der Waals surface area (Å²) in [5.74, 6) is -0.275. The van der Waals surface area contributed by atoms with Gasteiger partial charge in [-0.2, -0.15) is 0 Å². The molecule has 1 N–H and O–H groups in total. The van der Waals surface area contributed by atoms with Crippen LogP contribution in [0.4, 0.5) is 4.39 Å². The van der Waals surface area contributed by atoms with E-state index in [0.717, 1.165) is 4.47 Å². The van der Waals surface area contributed by atoms with E-state index in [1.807, 2.05) is 0 Å². The van der Waals surface area contributed by atoms with E-state index in [1.165, 1.54) is 6.07 Å². The number of halogens is 2. The van der Waals surface area contributed by atoms with Gasteiger partial charge in [-0.15, -0.1) is 0 Å². The minimum atomic E-state index is -0.910. The van der Waals surface area contributed by atoms with Gasteiger partial charge in [0.05, 0.1) is 0 Å². The predicted molar refractivity (Wildman–Crippen MR) is 64.6 cm³/mol. The third kappa shape index (κ3) is 3.40. The van der Waals surface area contributed by atoms with Crippen LogP contribution in [0.25, 0.3) is 0 Å². The largest absolute Gasteiger partial charge is 0.487 e. The van der Waals surface area contributed by atoms with Crippen molar-refractivity contribution in [2.75, 3.05) is 19.8 Å². The molecule has 1 aliphatic heterocycles. The quantitative estimate of drug-likeness (QED) is 0.932. The molecule has 0 amide bonds. The summed E-state index contributed by atoms with van der Waals surface area (Å²) in [6, 6.07) is 4.48. The molecule has 94 valence electrons.